The lowest BCUT2D eigenvalue weighted by atomic mass is 10.2. The minimum absolute atomic E-state index is 0.157. The molecule has 18 heavy (non-hydrogen) atoms. The summed E-state index contributed by atoms with van der Waals surface area (Å²) in [6.45, 7) is 1.97. The van der Waals surface area contributed by atoms with Gasteiger partial charge in [-0.2, -0.15) is 0 Å². The third-order valence-corrected chi connectivity index (χ3v) is 3.28. The summed E-state index contributed by atoms with van der Waals surface area (Å²) in [5.74, 6) is 1.07. The fourth-order valence-electron chi connectivity index (χ4n) is 1.91. The van der Waals surface area contributed by atoms with E-state index in [0.717, 1.165) is 10.0 Å². The number of anilines is 1. The summed E-state index contributed by atoms with van der Waals surface area (Å²) in [6.07, 6.45) is 0. The molecule has 2 aromatic carbocycles. The number of amides is 1. The summed E-state index contributed by atoms with van der Waals surface area (Å²) in [5.41, 5.74) is 2.30. The Labute approximate surface area is 113 Å². The van der Waals surface area contributed by atoms with Crippen LogP contribution in [0.5, 0.6) is 11.5 Å². The van der Waals surface area contributed by atoms with Crippen LogP contribution in [0.25, 0.3) is 0 Å². The van der Waals surface area contributed by atoms with E-state index in [1.54, 1.807) is 12.1 Å². The number of nitrogens with one attached hydrogen (secondary N) is 1. The highest BCUT2D eigenvalue weighted by molar-refractivity contribution is 9.10. The lowest BCUT2D eigenvalue weighted by molar-refractivity contribution is 0.102. The van der Waals surface area contributed by atoms with Gasteiger partial charge in [-0.25, -0.2) is 0 Å². The van der Waals surface area contributed by atoms with E-state index in [4.69, 9.17) is 4.74 Å². The fraction of sp³-hybridized carbons (Fsp3) is 0.0714. The maximum Gasteiger partial charge on any atom is 0.259 e. The van der Waals surface area contributed by atoms with Crippen LogP contribution in [0, 0.1) is 6.92 Å². The molecule has 0 atom stereocenters. The summed E-state index contributed by atoms with van der Waals surface area (Å²) in [4.78, 5) is 12.1. The Morgan fingerprint density at radius 2 is 1.89 bits per heavy atom. The number of carbonyl (C=O) groups is 1. The van der Waals surface area contributed by atoms with Gasteiger partial charge in [0.15, 0.2) is 5.75 Å². The number of hydrogen-bond donors (Lipinski definition) is 1. The van der Waals surface area contributed by atoms with Crippen molar-refractivity contribution >= 4 is 27.5 Å². The zero-order chi connectivity index (χ0) is 12.7. The minimum Gasteiger partial charge on any atom is -0.454 e. The van der Waals surface area contributed by atoms with Crippen molar-refractivity contribution in [3.8, 4) is 11.5 Å². The molecule has 0 aromatic heterocycles. The van der Waals surface area contributed by atoms with Gasteiger partial charge in [0.05, 0.1) is 11.3 Å². The van der Waals surface area contributed by atoms with Gasteiger partial charge in [0, 0.05) is 4.47 Å². The Hall–Kier alpha value is -1.81. The van der Waals surface area contributed by atoms with Crippen LogP contribution in [0.2, 0.25) is 0 Å². The predicted octanol–water partition coefficient (Wildman–Crippen LogP) is 4.12. The Bertz CT molecular complexity index is 652. The Kier molecular flexibility index (Phi) is 2.59. The van der Waals surface area contributed by atoms with Gasteiger partial charge in [-0.1, -0.05) is 22.0 Å². The molecular weight excluding hydrogens is 294 g/mol. The van der Waals surface area contributed by atoms with Gasteiger partial charge in [0.2, 0.25) is 0 Å². The molecule has 1 aliphatic rings. The molecule has 1 N–H and O–H groups in total. The standard InChI is InChI=1S/C14H10BrNO2/c1-8-2-4-13-11(6-8)16-14(17)10-7-9(15)3-5-12(10)18-13/h2-7H,1H3,(H,16,17). The number of fused-ring (bicyclic) bond motifs is 2. The zero-order valence-corrected chi connectivity index (χ0v) is 11.2. The molecule has 1 aliphatic heterocycles. The summed E-state index contributed by atoms with van der Waals surface area (Å²) in [5, 5.41) is 2.86. The summed E-state index contributed by atoms with van der Waals surface area (Å²) < 4.78 is 6.63. The molecule has 0 saturated heterocycles. The van der Waals surface area contributed by atoms with Gasteiger partial charge in [-0.3, -0.25) is 4.79 Å². The highest BCUT2D eigenvalue weighted by Gasteiger charge is 2.20. The summed E-state index contributed by atoms with van der Waals surface area (Å²) >= 11 is 3.35. The van der Waals surface area contributed by atoms with Crippen molar-refractivity contribution in [1.82, 2.24) is 0 Å². The van der Waals surface area contributed by atoms with E-state index < -0.39 is 0 Å². The first-order chi connectivity index (χ1) is 8.63. The summed E-state index contributed by atoms with van der Waals surface area (Å²) in [6, 6.07) is 11.1. The van der Waals surface area contributed by atoms with E-state index in [0.29, 0.717) is 22.7 Å². The number of rotatable bonds is 0. The van der Waals surface area contributed by atoms with Gasteiger partial charge in [-0.05, 0) is 42.8 Å². The first-order valence-corrected chi connectivity index (χ1v) is 6.32. The molecule has 1 heterocycles. The Morgan fingerprint density at radius 1 is 1.11 bits per heavy atom. The fourth-order valence-corrected chi connectivity index (χ4v) is 2.27. The predicted molar refractivity (Wildman–Crippen MR) is 73.3 cm³/mol. The van der Waals surface area contributed by atoms with E-state index in [9.17, 15) is 4.79 Å². The van der Waals surface area contributed by atoms with Crippen LogP contribution in [0.4, 0.5) is 5.69 Å². The first-order valence-electron chi connectivity index (χ1n) is 5.53. The molecule has 2 aromatic rings. The third kappa shape index (κ3) is 1.88. The quantitative estimate of drug-likeness (QED) is 0.795. The number of benzene rings is 2. The maximum absolute atomic E-state index is 12.1. The molecular formula is C14H10BrNO2. The van der Waals surface area contributed by atoms with Gasteiger partial charge < -0.3 is 10.1 Å². The van der Waals surface area contributed by atoms with Gasteiger partial charge in [-0.15, -0.1) is 0 Å². The van der Waals surface area contributed by atoms with Crippen molar-refractivity contribution in [3.63, 3.8) is 0 Å². The SMILES string of the molecule is Cc1ccc2c(c1)NC(=O)c1cc(Br)ccc1O2. The van der Waals surface area contributed by atoms with Gasteiger partial charge in [0.25, 0.3) is 5.91 Å². The number of hydrogen-bond acceptors (Lipinski definition) is 2. The molecule has 3 nitrogen and oxygen atoms in total. The topological polar surface area (TPSA) is 38.3 Å². The van der Waals surface area contributed by atoms with Crippen molar-refractivity contribution < 1.29 is 9.53 Å². The Balaban J connectivity index is 2.16. The van der Waals surface area contributed by atoms with E-state index >= 15 is 0 Å². The monoisotopic (exact) mass is 303 g/mol. The van der Waals surface area contributed by atoms with Crippen molar-refractivity contribution in [2.45, 2.75) is 6.92 Å². The third-order valence-electron chi connectivity index (χ3n) is 2.79. The largest absolute Gasteiger partial charge is 0.454 e. The van der Waals surface area contributed by atoms with Crippen molar-refractivity contribution in [3.05, 3.63) is 52.0 Å². The van der Waals surface area contributed by atoms with Crippen molar-refractivity contribution in [1.29, 1.82) is 0 Å². The van der Waals surface area contributed by atoms with Crippen LogP contribution >= 0.6 is 15.9 Å². The highest BCUT2D eigenvalue weighted by atomic mass is 79.9. The second-order valence-corrected chi connectivity index (χ2v) is 5.11. The molecule has 0 aliphatic carbocycles. The van der Waals surface area contributed by atoms with Crippen LogP contribution in [-0.2, 0) is 0 Å². The smallest absolute Gasteiger partial charge is 0.259 e. The normalized spacial score (nSPS) is 12.9. The molecule has 0 spiro atoms. The van der Waals surface area contributed by atoms with Crippen LogP contribution in [0.15, 0.2) is 40.9 Å². The molecule has 0 bridgehead atoms. The average Bonchev–Trinajstić information content (AvgIpc) is 2.46. The second kappa shape index (κ2) is 4.14. The number of carbonyl (C=O) groups excluding carboxylic acids is 1. The van der Waals surface area contributed by atoms with E-state index in [2.05, 4.69) is 21.2 Å². The molecule has 4 heteroatoms. The molecule has 0 unspecified atom stereocenters. The molecule has 0 radical (unpaired) electrons. The van der Waals surface area contributed by atoms with Gasteiger partial charge in [0.1, 0.15) is 5.75 Å². The number of ether oxygens (including phenoxy) is 1. The average molecular weight is 304 g/mol. The Morgan fingerprint density at radius 3 is 2.72 bits per heavy atom. The van der Waals surface area contributed by atoms with Crippen LogP contribution < -0.4 is 10.1 Å². The van der Waals surface area contributed by atoms with Gasteiger partial charge >= 0.3 is 0 Å². The van der Waals surface area contributed by atoms with Crippen LogP contribution in [0.1, 0.15) is 15.9 Å². The lowest BCUT2D eigenvalue weighted by Crippen LogP contribution is -2.10. The van der Waals surface area contributed by atoms with Crippen LogP contribution in [-0.4, -0.2) is 5.91 Å². The minimum atomic E-state index is -0.157. The number of halogens is 1. The van der Waals surface area contributed by atoms with E-state index in [1.165, 1.54) is 0 Å². The molecule has 0 fully saturated rings. The van der Waals surface area contributed by atoms with E-state index in [1.807, 2.05) is 31.2 Å². The van der Waals surface area contributed by atoms with Crippen LogP contribution in [0.3, 0.4) is 0 Å². The first kappa shape index (κ1) is 11.3. The van der Waals surface area contributed by atoms with E-state index in [-0.39, 0.29) is 5.91 Å². The van der Waals surface area contributed by atoms with Crippen molar-refractivity contribution in [2.75, 3.05) is 5.32 Å². The number of aryl methyl sites for hydroxylation is 1. The maximum atomic E-state index is 12.1. The molecule has 90 valence electrons. The molecule has 1 amide bonds. The molecule has 3 rings (SSSR count). The van der Waals surface area contributed by atoms with Crippen molar-refractivity contribution in [2.24, 2.45) is 0 Å². The highest BCUT2D eigenvalue weighted by Crippen LogP contribution is 2.36. The molecule has 0 saturated carbocycles. The second-order valence-electron chi connectivity index (χ2n) is 4.20. The summed E-state index contributed by atoms with van der Waals surface area (Å²) in [7, 11) is 0. The zero-order valence-electron chi connectivity index (χ0n) is 9.66. The lowest BCUT2D eigenvalue weighted by Gasteiger charge is -2.07.